The van der Waals surface area contributed by atoms with Crippen LogP contribution in [0, 0.1) is 0 Å². The van der Waals surface area contributed by atoms with Gasteiger partial charge in [-0.1, -0.05) is 18.2 Å². The zero-order chi connectivity index (χ0) is 12.5. The second-order valence-corrected chi connectivity index (χ2v) is 4.81. The van der Waals surface area contributed by atoms with Crippen LogP contribution in [0.25, 0.3) is 0 Å². The lowest BCUT2D eigenvalue weighted by atomic mass is 9.97. The summed E-state index contributed by atoms with van der Waals surface area (Å²) in [6.45, 7) is 0.714. The van der Waals surface area contributed by atoms with Crippen molar-refractivity contribution in [3.8, 4) is 0 Å². The molecular weight excluding hydrogens is 230 g/mol. The summed E-state index contributed by atoms with van der Waals surface area (Å²) in [7, 11) is 0. The number of esters is 1. The van der Waals surface area contributed by atoms with Gasteiger partial charge < -0.3 is 9.64 Å². The molecule has 2 heterocycles. The van der Waals surface area contributed by atoms with Crippen LogP contribution in [0.15, 0.2) is 30.3 Å². The molecule has 18 heavy (non-hydrogen) atoms. The Labute approximate surface area is 106 Å². The Morgan fingerprint density at radius 3 is 2.83 bits per heavy atom. The molecule has 1 aromatic carbocycles. The summed E-state index contributed by atoms with van der Waals surface area (Å²) in [6, 6.07) is 9.14. The van der Waals surface area contributed by atoms with E-state index in [2.05, 4.69) is 0 Å². The summed E-state index contributed by atoms with van der Waals surface area (Å²) < 4.78 is 5.25. The molecule has 0 saturated carbocycles. The number of carbonyl (C=O) groups is 2. The van der Waals surface area contributed by atoms with E-state index in [1.165, 1.54) is 0 Å². The summed E-state index contributed by atoms with van der Waals surface area (Å²) in [5.74, 6) is -0.179. The van der Waals surface area contributed by atoms with Gasteiger partial charge in [-0.25, -0.2) is 0 Å². The second-order valence-electron chi connectivity index (χ2n) is 4.81. The van der Waals surface area contributed by atoms with Crippen LogP contribution in [0.3, 0.4) is 0 Å². The molecular formula is C14H15NO3. The van der Waals surface area contributed by atoms with Crippen molar-refractivity contribution in [2.75, 3.05) is 6.54 Å². The van der Waals surface area contributed by atoms with Gasteiger partial charge in [-0.15, -0.1) is 0 Å². The van der Waals surface area contributed by atoms with E-state index in [0.29, 0.717) is 18.5 Å². The molecule has 0 aliphatic carbocycles. The molecule has 0 radical (unpaired) electrons. The molecule has 4 heteroatoms. The van der Waals surface area contributed by atoms with Crippen LogP contribution in [-0.4, -0.2) is 35.5 Å². The highest BCUT2D eigenvalue weighted by Crippen LogP contribution is 2.30. The standard InChI is InChI=1S/C14H15NO3/c16-13-9-11-12(18-13)7-4-8-15(11)14(17)10-5-2-1-3-6-10/h1-3,5-6,11-12H,4,7-9H2/t11-,12+/m1/s1. The number of piperidine rings is 1. The maximum absolute atomic E-state index is 12.4. The van der Waals surface area contributed by atoms with Gasteiger partial charge in [0.05, 0.1) is 12.5 Å². The molecule has 1 amide bonds. The fraction of sp³-hybridized carbons (Fsp3) is 0.429. The van der Waals surface area contributed by atoms with Crippen molar-refractivity contribution in [2.45, 2.75) is 31.4 Å². The van der Waals surface area contributed by atoms with Crippen LogP contribution >= 0.6 is 0 Å². The van der Waals surface area contributed by atoms with Crippen LogP contribution in [0.5, 0.6) is 0 Å². The number of nitrogens with zero attached hydrogens (tertiary/aromatic N) is 1. The quantitative estimate of drug-likeness (QED) is 0.706. The van der Waals surface area contributed by atoms with Gasteiger partial charge in [-0.2, -0.15) is 0 Å². The molecule has 4 nitrogen and oxygen atoms in total. The number of rotatable bonds is 1. The number of amides is 1. The second kappa shape index (κ2) is 4.44. The third-order valence-corrected chi connectivity index (χ3v) is 3.66. The first kappa shape index (κ1) is 11.3. The van der Waals surface area contributed by atoms with Crippen LogP contribution in [0.1, 0.15) is 29.6 Å². The van der Waals surface area contributed by atoms with Gasteiger partial charge in [0.25, 0.3) is 5.91 Å². The molecule has 94 valence electrons. The van der Waals surface area contributed by atoms with Crippen LogP contribution in [0.2, 0.25) is 0 Å². The van der Waals surface area contributed by atoms with E-state index >= 15 is 0 Å². The first-order valence-electron chi connectivity index (χ1n) is 6.31. The van der Waals surface area contributed by atoms with E-state index < -0.39 is 0 Å². The SMILES string of the molecule is O=C1C[C@@H]2[C@H](CCCN2C(=O)c2ccccc2)O1. The van der Waals surface area contributed by atoms with Crippen molar-refractivity contribution in [3.05, 3.63) is 35.9 Å². The van der Waals surface area contributed by atoms with E-state index in [4.69, 9.17) is 4.74 Å². The molecule has 0 bridgehead atoms. The van der Waals surface area contributed by atoms with Crippen molar-refractivity contribution in [1.29, 1.82) is 0 Å². The Morgan fingerprint density at radius 1 is 1.28 bits per heavy atom. The number of carbonyl (C=O) groups excluding carboxylic acids is 2. The minimum Gasteiger partial charge on any atom is -0.460 e. The van der Waals surface area contributed by atoms with E-state index in [0.717, 1.165) is 12.8 Å². The van der Waals surface area contributed by atoms with E-state index in [1.54, 1.807) is 4.90 Å². The van der Waals surface area contributed by atoms with Crippen LogP contribution in [0.4, 0.5) is 0 Å². The number of benzene rings is 1. The van der Waals surface area contributed by atoms with Crippen molar-refractivity contribution >= 4 is 11.9 Å². The molecule has 2 fully saturated rings. The van der Waals surface area contributed by atoms with Gasteiger partial charge >= 0.3 is 5.97 Å². The number of hydrogen-bond donors (Lipinski definition) is 0. The van der Waals surface area contributed by atoms with Crippen LogP contribution < -0.4 is 0 Å². The molecule has 2 saturated heterocycles. The summed E-state index contributed by atoms with van der Waals surface area (Å²) in [6.07, 6.45) is 2.00. The predicted molar refractivity (Wildman–Crippen MR) is 65.0 cm³/mol. The normalized spacial score (nSPS) is 26.7. The number of ether oxygens (including phenoxy) is 1. The van der Waals surface area contributed by atoms with Crippen molar-refractivity contribution in [2.24, 2.45) is 0 Å². The molecule has 2 aliphatic heterocycles. The van der Waals surface area contributed by atoms with Gasteiger partial charge in [0.1, 0.15) is 6.10 Å². The lowest BCUT2D eigenvalue weighted by Gasteiger charge is -2.35. The average molecular weight is 245 g/mol. The summed E-state index contributed by atoms with van der Waals surface area (Å²) in [5.41, 5.74) is 0.678. The minimum absolute atomic E-state index is 0.00333. The van der Waals surface area contributed by atoms with Crippen molar-refractivity contribution < 1.29 is 14.3 Å². The third-order valence-electron chi connectivity index (χ3n) is 3.66. The lowest BCUT2D eigenvalue weighted by Crippen LogP contribution is -2.48. The fourth-order valence-corrected chi connectivity index (χ4v) is 2.79. The zero-order valence-electron chi connectivity index (χ0n) is 10.0. The topological polar surface area (TPSA) is 46.6 Å². The van der Waals surface area contributed by atoms with Gasteiger partial charge in [0, 0.05) is 12.1 Å². The van der Waals surface area contributed by atoms with E-state index in [-0.39, 0.29) is 24.0 Å². The Bertz CT molecular complexity index is 471. The number of likely N-dealkylation sites (tertiary alicyclic amines) is 1. The Morgan fingerprint density at radius 2 is 2.06 bits per heavy atom. The highest BCUT2D eigenvalue weighted by molar-refractivity contribution is 5.95. The summed E-state index contributed by atoms with van der Waals surface area (Å²) >= 11 is 0. The molecule has 2 atom stereocenters. The average Bonchev–Trinajstić information content (AvgIpc) is 2.79. The van der Waals surface area contributed by atoms with E-state index in [1.807, 2.05) is 30.3 Å². The Balaban J connectivity index is 1.83. The first-order chi connectivity index (χ1) is 8.75. The molecule has 3 rings (SSSR count). The summed E-state index contributed by atoms with van der Waals surface area (Å²) in [4.78, 5) is 25.6. The largest absolute Gasteiger partial charge is 0.460 e. The zero-order valence-corrected chi connectivity index (χ0v) is 10.0. The Hall–Kier alpha value is -1.84. The monoisotopic (exact) mass is 245 g/mol. The molecule has 2 aliphatic rings. The van der Waals surface area contributed by atoms with Crippen LogP contribution in [-0.2, 0) is 9.53 Å². The summed E-state index contributed by atoms with van der Waals surface area (Å²) in [5, 5.41) is 0. The maximum atomic E-state index is 12.4. The highest BCUT2D eigenvalue weighted by atomic mass is 16.6. The number of hydrogen-bond acceptors (Lipinski definition) is 3. The number of fused-ring (bicyclic) bond motifs is 1. The van der Waals surface area contributed by atoms with Gasteiger partial charge in [-0.3, -0.25) is 9.59 Å². The van der Waals surface area contributed by atoms with E-state index in [9.17, 15) is 9.59 Å². The Kier molecular flexibility index (Phi) is 2.78. The molecule has 0 spiro atoms. The van der Waals surface area contributed by atoms with Gasteiger partial charge in [0.2, 0.25) is 0 Å². The van der Waals surface area contributed by atoms with Crippen molar-refractivity contribution in [3.63, 3.8) is 0 Å². The van der Waals surface area contributed by atoms with Gasteiger partial charge in [0.15, 0.2) is 0 Å². The lowest BCUT2D eigenvalue weighted by molar-refractivity contribution is -0.142. The smallest absolute Gasteiger partial charge is 0.308 e. The molecule has 0 unspecified atom stereocenters. The maximum Gasteiger partial charge on any atom is 0.308 e. The van der Waals surface area contributed by atoms with Gasteiger partial charge in [-0.05, 0) is 25.0 Å². The first-order valence-corrected chi connectivity index (χ1v) is 6.31. The highest BCUT2D eigenvalue weighted by Gasteiger charge is 2.43. The minimum atomic E-state index is -0.183. The fourth-order valence-electron chi connectivity index (χ4n) is 2.79. The van der Waals surface area contributed by atoms with Crippen molar-refractivity contribution in [1.82, 2.24) is 4.90 Å². The molecule has 1 aromatic rings. The molecule has 0 N–H and O–H groups in total. The third kappa shape index (κ3) is 1.88. The molecule has 0 aromatic heterocycles. The predicted octanol–water partition coefficient (Wildman–Crippen LogP) is 1.61.